The standard InChI is InChI=1S/C20H18N2O2S/c1-22(14-15-7-3-2-4-8-15)20(24)16-9-5-10-17(13-16)21-19(23)18-11-6-12-25-18/h2-13H,14H2,1H3,(H,21,23). The van der Waals surface area contributed by atoms with Gasteiger partial charge in [-0.2, -0.15) is 0 Å². The van der Waals surface area contributed by atoms with Gasteiger partial charge in [-0.25, -0.2) is 0 Å². The summed E-state index contributed by atoms with van der Waals surface area (Å²) >= 11 is 1.38. The number of anilines is 1. The molecule has 0 aliphatic rings. The van der Waals surface area contributed by atoms with E-state index in [0.29, 0.717) is 22.7 Å². The van der Waals surface area contributed by atoms with Crippen molar-refractivity contribution in [3.63, 3.8) is 0 Å². The average Bonchev–Trinajstić information content (AvgIpc) is 3.17. The molecule has 3 rings (SSSR count). The molecule has 25 heavy (non-hydrogen) atoms. The van der Waals surface area contributed by atoms with E-state index in [9.17, 15) is 9.59 Å². The fourth-order valence-corrected chi connectivity index (χ4v) is 3.10. The van der Waals surface area contributed by atoms with E-state index >= 15 is 0 Å². The van der Waals surface area contributed by atoms with Crippen LogP contribution >= 0.6 is 11.3 Å². The van der Waals surface area contributed by atoms with Crippen LogP contribution in [0.15, 0.2) is 72.1 Å². The van der Waals surface area contributed by atoms with Gasteiger partial charge in [0, 0.05) is 24.8 Å². The molecule has 0 saturated carbocycles. The van der Waals surface area contributed by atoms with Crippen LogP contribution in [0.4, 0.5) is 5.69 Å². The Morgan fingerprint density at radius 3 is 2.52 bits per heavy atom. The maximum absolute atomic E-state index is 12.6. The fraction of sp³-hybridized carbons (Fsp3) is 0.100. The fourth-order valence-electron chi connectivity index (χ4n) is 2.48. The van der Waals surface area contributed by atoms with Crippen LogP contribution in [0.25, 0.3) is 0 Å². The van der Waals surface area contributed by atoms with E-state index in [4.69, 9.17) is 0 Å². The summed E-state index contributed by atoms with van der Waals surface area (Å²) in [6.07, 6.45) is 0. The first kappa shape index (κ1) is 16.9. The van der Waals surface area contributed by atoms with E-state index < -0.39 is 0 Å². The van der Waals surface area contributed by atoms with Gasteiger partial charge in [0.15, 0.2) is 0 Å². The highest BCUT2D eigenvalue weighted by atomic mass is 32.1. The first-order valence-corrected chi connectivity index (χ1v) is 8.76. The monoisotopic (exact) mass is 350 g/mol. The molecule has 0 saturated heterocycles. The number of carbonyl (C=O) groups is 2. The van der Waals surface area contributed by atoms with Gasteiger partial charge in [0.25, 0.3) is 11.8 Å². The number of carbonyl (C=O) groups excluding carboxylic acids is 2. The smallest absolute Gasteiger partial charge is 0.265 e. The van der Waals surface area contributed by atoms with E-state index in [1.165, 1.54) is 11.3 Å². The van der Waals surface area contributed by atoms with Gasteiger partial charge < -0.3 is 10.2 Å². The normalized spacial score (nSPS) is 10.3. The molecule has 0 fully saturated rings. The van der Waals surface area contributed by atoms with Crippen molar-refractivity contribution in [2.24, 2.45) is 0 Å². The Morgan fingerprint density at radius 2 is 1.80 bits per heavy atom. The molecule has 0 unspecified atom stereocenters. The molecule has 4 nitrogen and oxygen atoms in total. The zero-order valence-electron chi connectivity index (χ0n) is 13.8. The molecule has 0 spiro atoms. The zero-order chi connectivity index (χ0) is 17.6. The van der Waals surface area contributed by atoms with Crippen molar-refractivity contribution in [3.8, 4) is 0 Å². The van der Waals surface area contributed by atoms with Crippen LogP contribution in [0.1, 0.15) is 25.6 Å². The van der Waals surface area contributed by atoms with E-state index in [0.717, 1.165) is 5.56 Å². The second-order valence-electron chi connectivity index (χ2n) is 5.66. The van der Waals surface area contributed by atoms with Crippen molar-refractivity contribution in [2.45, 2.75) is 6.54 Å². The van der Waals surface area contributed by atoms with Gasteiger partial charge in [-0.05, 0) is 35.2 Å². The molecule has 2 aromatic carbocycles. The van der Waals surface area contributed by atoms with E-state index in [1.807, 2.05) is 41.8 Å². The Labute approximate surface area is 150 Å². The van der Waals surface area contributed by atoms with Gasteiger partial charge in [-0.3, -0.25) is 9.59 Å². The Hall–Kier alpha value is -2.92. The van der Waals surface area contributed by atoms with E-state index in [2.05, 4.69) is 5.32 Å². The zero-order valence-corrected chi connectivity index (χ0v) is 14.6. The highest BCUT2D eigenvalue weighted by molar-refractivity contribution is 7.12. The predicted molar refractivity (Wildman–Crippen MR) is 101 cm³/mol. The first-order valence-electron chi connectivity index (χ1n) is 7.88. The summed E-state index contributed by atoms with van der Waals surface area (Å²) < 4.78 is 0. The van der Waals surface area contributed by atoms with Crippen LogP contribution in [0.2, 0.25) is 0 Å². The molecule has 0 atom stereocenters. The molecule has 0 aliphatic heterocycles. The lowest BCUT2D eigenvalue weighted by atomic mass is 10.1. The summed E-state index contributed by atoms with van der Waals surface area (Å²) in [6.45, 7) is 0.533. The minimum Gasteiger partial charge on any atom is -0.337 e. The van der Waals surface area contributed by atoms with Crippen molar-refractivity contribution in [1.82, 2.24) is 4.90 Å². The molecule has 0 bridgehead atoms. The highest BCUT2D eigenvalue weighted by Gasteiger charge is 2.13. The number of hydrogen-bond donors (Lipinski definition) is 1. The van der Waals surface area contributed by atoms with Crippen LogP contribution < -0.4 is 5.32 Å². The van der Waals surface area contributed by atoms with Crippen molar-refractivity contribution in [3.05, 3.63) is 88.1 Å². The lowest BCUT2D eigenvalue weighted by Crippen LogP contribution is -2.26. The molecule has 0 radical (unpaired) electrons. The SMILES string of the molecule is CN(Cc1ccccc1)C(=O)c1cccc(NC(=O)c2cccs2)c1. The van der Waals surface area contributed by atoms with Gasteiger partial charge in [0.05, 0.1) is 4.88 Å². The maximum atomic E-state index is 12.6. The molecule has 2 amide bonds. The molecule has 3 aromatic rings. The van der Waals surface area contributed by atoms with Gasteiger partial charge in [0.1, 0.15) is 0 Å². The van der Waals surface area contributed by atoms with Gasteiger partial charge in [-0.15, -0.1) is 11.3 Å². The minimum absolute atomic E-state index is 0.0870. The number of nitrogens with one attached hydrogen (secondary N) is 1. The molecule has 1 heterocycles. The largest absolute Gasteiger partial charge is 0.337 e. The van der Waals surface area contributed by atoms with Crippen molar-refractivity contribution < 1.29 is 9.59 Å². The second-order valence-corrected chi connectivity index (χ2v) is 6.61. The Bertz CT molecular complexity index is 860. The van der Waals surface area contributed by atoms with Crippen LogP contribution in [-0.4, -0.2) is 23.8 Å². The number of hydrogen-bond acceptors (Lipinski definition) is 3. The first-order chi connectivity index (χ1) is 12.1. The van der Waals surface area contributed by atoms with Crippen LogP contribution in [-0.2, 0) is 6.54 Å². The molecular weight excluding hydrogens is 332 g/mol. The Kier molecular flexibility index (Phi) is 5.26. The summed E-state index contributed by atoms with van der Waals surface area (Å²) in [4.78, 5) is 27.1. The summed E-state index contributed by atoms with van der Waals surface area (Å²) in [5.74, 6) is -0.256. The molecule has 126 valence electrons. The van der Waals surface area contributed by atoms with E-state index in [1.54, 1.807) is 42.3 Å². The lowest BCUT2D eigenvalue weighted by Gasteiger charge is -2.18. The quantitative estimate of drug-likeness (QED) is 0.747. The number of nitrogens with zero attached hydrogens (tertiary/aromatic N) is 1. The molecule has 5 heteroatoms. The summed E-state index contributed by atoms with van der Waals surface area (Å²) in [7, 11) is 1.77. The van der Waals surface area contributed by atoms with Gasteiger partial charge in [-0.1, -0.05) is 42.5 Å². The predicted octanol–water partition coefficient (Wildman–Crippen LogP) is 4.27. The Balaban J connectivity index is 1.70. The number of rotatable bonds is 5. The third-order valence-corrected chi connectivity index (χ3v) is 4.59. The topological polar surface area (TPSA) is 49.4 Å². The molecular formula is C20H18N2O2S. The number of amides is 2. The summed E-state index contributed by atoms with van der Waals surface area (Å²) in [5.41, 5.74) is 2.22. The second kappa shape index (κ2) is 7.77. The van der Waals surface area contributed by atoms with Crippen molar-refractivity contribution in [2.75, 3.05) is 12.4 Å². The van der Waals surface area contributed by atoms with Gasteiger partial charge in [0.2, 0.25) is 0 Å². The van der Waals surface area contributed by atoms with E-state index in [-0.39, 0.29) is 11.8 Å². The van der Waals surface area contributed by atoms with Crippen LogP contribution in [0.5, 0.6) is 0 Å². The third kappa shape index (κ3) is 4.33. The molecule has 1 aromatic heterocycles. The summed E-state index contributed by atoms with van der Waals surface area (Å²) in [6, 6.07) is 20.4. The third-order valence-electron chi connectivity index (χ3n) is 3.72. The van der Waals surface area contributed by atoms with Crippen molar-refractivity contribution >= 4 is 28.8 Å². The lowest BCUT2D eigenvalue weighted by molar-refractivity contribution is 0.0784. The molecule has 1 N–H and O–H groups in total. The maximum Gasteiger partial charge on any atom is 0.265 e. The van der Waals surface area contributed by atoms with Crippen LogP contribution in [0, 0.1) is 0 Å². The van der Waals surface area contributed by atoms with Crippen molar-refractivity contribution in [1.29, 1.82) is 0 Å². The molecule has 0 aliphatic carbocycles. The highest BCUT2D eigenvalue weighted by Crippen LogP contribution is 2.16. The van der Waals surface area contributed by atoms with Crippen LogP contribution in [0.3, 0.4) is 0 Å². The average molecular weight is 350 g/mol. The minimum atomic E-state index is -0.169. The Morgan fingerprint density at radius 1 is 1.00 bits per heavy atom. The number of thiophene rings is 1. The number of benzene rings is 2. The summed E-state index contributed by atoms with van der Waals surface area (Å²) in [5, 5.41) is 4.68. The van der Waals surface area contributed by atoms with Gasteiger partial charge >= 0.3 is 0 Å².